The van der Waals surface area contributed by atoms with Gasteiger partial charge in [0.15, 0.2) is 0 Å². The first kappa shape index (κ1) is 38.5. The average molecular weight is 580 g/mol. The summed E-state index contributed by atoms with van der Waals surface area (Å²) in [5.74, 6) is -7.02. The van der Waals surface area contributed by atoms with E-state index < -0.39 is 75.5 Å². The molecule has 0 amide bonds. The summed E-state index contributed by atoms with van der Waals surface area (Å²) >= 11 is 0. The van der Waals surface area contributed by atoms with Crippen LogP contribution in [0.5, 0.6) is 0 Å². The predicted molar refractivity (Wildman–Crippen MR) is 78.3 cm³/mol. The molecule has 6 N–H and O–H groups in total. The molecule has 0 heterocycles. The fourth-order valence-electron chi connectivity index (χ4n) is 0.677. The first-order valence-electron chi connectivity index (χ1n) is 6.42. The van der Waals surface area contributed by atoms with Crippen LogP contribution in [0.3, 0.4) is 0 Å². The summed E-state index contributed by atoms with van der Waals surface area (Å²) in [4.78, 5) is 58.0. The van der Waals surface area contributed by atoms with Gasteiger partial charge in [-0.1, -0.05) is 0 Å². The van der Waals surface area contributed by atoms with Crippen molar-refractivity contribution in [2.24, 2.45) is 0 Å². The minimum Gasteiger partial charge on any atom is -0.480 e. The second-order valence-electron chi connectivity index (χ2n) is 3.84. The largest absolute Gasteiger partial charge is 0.480 e. The van der Waals surface area contributed by atoms with Gasteiger partial charge in [0.05, 0.1) is 0 Å². The summed E-state index contributed by atoms with van der Waals surface area (Å²) in [6.07, 6.45) is 0. The Kier molecular flexibility index (Phi) is 35.7. The molecule has 0 fully saturated rings. The molecule has 0 saturated carbocycles. The van der Waals surface area contributed by atoms with Crippen LogP contribution in [-0.4, -0.2) is 106 Å². The molecule has 0 aliphatic carbocycles. The van der Waals surface area contributed by atoms with Gasteiger partial charge in [0.1, 0.15) is 39.6 Å². The number of ether oxygens (including phenoxy) is 3. The van der Waals surface area contributed by atoms with Crippen molar-refractivity contribution in [3.8, 4) is 0 Å². The smallest absolute Gasteiger partial charge is 0.329 e. The quantitative estimate of drug-likeness (QED) is 0.140. The van der Waals surface area contributed by atoms with Crippen LogP contribution in [0, 0.1) is 0 Å². The van der Waals surface area contributed by atoms with Gasteiger partial charge in [0, 0.05) is 65.4 Å². The standard InChI is InChI=1S/3C4H6O5.2Y/c3*5-3(6)1-9-2-4(7)8;;/h3*1-2H2,(H,5,6)(H,7,8);;. The molecule has 0 aromatic carbocycles. The predicted octanol–water partition coefficient (Wildman–Crippen LogP) is -2.49. The minimum absolute atomic E-state index is 0. The van der Waals surface area contributed by atoms with Gasteiger partial charge in [-0.3, -0.25) is 0 Å². The molecule has 0 unspecified atom stereocenters. The van der Waals surface area contributed by atoms with Crippen LogP contribution in [0.25, 0.3) is 0 Å². The maximum Gasteiger partial charge on any atom is 0.329 e. The molecule has 17 heteroatoms. The first-order valence-corrected chi connectivity index (χ1v) is 6.42. The number of carboxylic acids is 6. The molecule has 0 spiro atoms. The molecule has 0 atom stereocenters. The monoisotopic (exact) mass is 580 g/mol. The topological polar surface area (TPSA) is 251 Å². The molecule has 0 aromatic heterocycles. The molecule has 29 heavy (non-hydrogen) atoms. The number of hydrogen-bond acceptors (Lipinski definition) is 9. The van der Waals surface area contributed by atoms with E-state index in [-0.39, 0.29) is 65.4 Å². The number of carboxylic acid groups (broad SMARTS) is 6. The van der Waals surface area contributed by atoms with E-state index in [1.165, 1.54) is 0 Å². The van der Waals surface area contributed by atoms with E-state index in [1.807, 2.05) is 0 Å². The van der Waals surface area contributed by atoms with Crippen molar-refractivity contribution < 1.29 is 139 Å². The van der Waals surface area contributed by atoms with Crippen molar-refractivity contribution in [2.45, 2.75) is 0 Å². The van der Waals surface area contributed by atoms with Crippen molar-refractivity contribution >= 4 is 35.8 Å². The van der Waals surface area contributed by atoms with E-state index in [1.54, 1.807) is 0 Å². The van der Waals surface area contributed by atoms with Crippen molar-refractivity contribution in [3.63, 3.8) is 0 Å². The fraction of sp³-hybridized carbons (Fsp3) is 0.500. The van der Waals surface area contributed by atoms with Crippen LogP contribution in [0.4, 0.5) is 0 Å². The number of aliphatic carboxylic acids is 6. The maximum atomic E-state index is 9.66. The summed E-state index contributed by atoms with van der Waals surface area (Å²) in [6, 6.07) is 0. The van der Waals surface area contributed by atoms with Crippen LogP contribution in [0.1, 0.15) is 0 Å². The summed E-state index contributed by atoms with van der Waals surface area (Å²) in [5.41, 5.74) is 0. The molecule has 15 nitrogen and oxygen atoms in total. The third-order valence-corrected chi connectivity index (χ3v) is 1.35. The summed E-state index contributed by atoms with van der Waals surface area (Å²) in [7, 11) is 0. The molecule has 0 rings (SSSR count). The SMILES string of the molecule is O=C(O)COCC(=O)O.O=C(O)COCC(=O)O.O=C(O)COCC(=O)O.[Y].[Y]. The zero-order chi connectivity index (χ0) is 21.8. The van der Waals surface area contributed by atoms with Gasteiger partial charge in [0.2, 0.25) is 0 Å². The third kappa shape index (κ3) is 58.4. The molecule has 0 aliphatic heterocycles. The van der Waals surface area contributed by atoms with Crippen molar-refractivity contribution in [1.82, 2.24) is 0 Å². The van der Waals surface area contributed by atoms with E-state index in [0.717, 1.165) is 0 Å². The Morgan fingerprint density at radius 2 is 0.483 bits per heavy atom. The molecule has 0 aliphatic rings. The van der Waals surface area contributed by atoms with Crippen molar-refractivity contribution in [2.75, 3.05) is 39.6 Å². The van der Waals surface area contributed by atoms with E-state index in [4.69, 9.17) is 30.6 Å². The maximum absolute atomic E-state index is 9.66. The van der Waals surface area contributed by atoms with Gasteiger partial charge in [-0.25, -0.2) is 28.8 Å². The van der Waals surface area contributed by atoms with Gasteiger partial charge in [-0.05, 0) is 0 Å². The Labute approximate surface area is 213 Å². The number of carbonyl (C=O) groups is 6. The Morgan fingerprint density at radius 3 is 0.552 bits per heavy atom. The van der Waals surface area contributed by atoms with Crippen LogP contribution >= 0.6 is 0 Å². The van der Waals surface area contributed by atoms with Crippen molar-refractivity contribution in [1.29, 1.82) is 0 Å². The second kappa shape index (κ2) is 26.9. The number of rotatable bonds is 12. The average Bonchev–Trinajstić information content (AvgIpc) is 2.46. The van der Waals surface area contributed by atoms with E-state index in [9.17, 15) is 28.8 Å². The zero-order valence-electron chi connectivity index (χ0n) is 14.8. The molecule has 0 aromatic rings. The summed E-state index contributed by atoms with van der Waals surface area (Å²) < 4.78 is 12.5. The Hall–Kier alpha value is -1.09. The fourth-order valence-corrected chi connectivity index (χ4v) is 0.677. The summed E-state index contributed by atoms with van der Waals surface area (Å²) in [6.45, 7) is -3.38. The third-order valence-electron chi connectivity index (χ3n) is 1.35. The van der Waals surface area contributed by atoms with Crippen LogP contribution in [0.2, 0.25) is 0 Å². The second-order valence-corrected chi connectivity index (χ2v) is 3.84. The van der Waals surface area contributed by atoms with Crippen LogP contribution < -0.4 is 0 Å². The Bertz CT molecular complexity index is 394. The Morgan fingerprint density at radius 1 is 0.379 bits per heavy atom. The normalized spacial score (nSPS) is 8.28. The molecule has 2 radical (unpaired) electrons. The van der Waals surface area contributed by atoms with E-state index in [2.05, 4.69) is 14.2 Å². The van der Waals surface area contributed by atoms with E-state index >= 15 is 0 Å². The van der Waals surface area contributed by atoms with Gasteiger partial charge < -0.3 is 44.8 Å². The van der Waals surface area contributed by atoms with Gasteiger partial charge >= 0.3 is 35.8 Å². The molecular weight excluding hydrogens is 562 g/mol. The van der Waals surface area contributed by atoms with E-state index in [0.29, 0.717) is 0 Å². The summed E-state index contributed by atoms with van der Waals surface area (Å²) in [5, 5.41) is 47.5. The van der Waals surface area contributed by atoms with Crippen molar-refractivity contribution in [3.05, 3.63) is 0 Å². The zero-order valence-corrected chi connectivity index (χ0v) is 20.4. The van der Waals surface area contributed by atoms with Crippen LogP contribution in [-0.2, 0) is 108 Å². The first-order chi connectivity index (χ1) is 12.4. The molecular formula is C12H18O15Y2. The van der Waals surface area contributed by atoms with Crippen LogP contribution in [0.15, 0.2) is 0 Å². The number of hydrogen-bond donors (Lipinski definition) is 6. The Balaban J connectivity index is -0.0000000960. The van der Waals surface area contributed by atoms with Gasteiger partial charge in [-0.15, -0.1) is 0 Å². The molecule has 0 bridgehead atoms. The molecule has 0 saturated heterocycles. The van der Waals surface area contributed by atoms with Gasteiger partial charge in [-0.2, -0.15) is 0 Å². The van der Waals surface area contributed by atoms with Gasteiger partial charge in [0.25, 0.3) is 0 Å². The minimum atomic E-state index is -1.17. The molecule has 162 valence electrons.